The van der Waals surface area contributed by atoms with Crippen LogP contribution in [0.4, 0.5) is 13.2 Å². The Morgan fingerprint density at radius 2 is 1.96 bits per heavy atom. The Kier molecular flexibility index (Phi) is 4.87. The van der Waals surface area contributed by atoms with Gasteiger partial charge in [-0.05, 0) is 31.5 Å². The highest BCUT2D eigenvalue weighted by Crippen LogP contribution is 2.34. The molecule has 1 N–H and O–H groups in total. The van der Waals surface area contributed by atoms with Gasteiger partial charge >= 0.3 is 12.1 Å². The van der Waals surface area contributed by atoms with Crippen LogP contribution in [-0.2, 0) is 11.0 Å². The molecule has 2 aromatic rings. The third-order valence-corrected chi connectivity index (χ3v) is 3.77. The number of benzene rings is 1. The number of amides is 1. The topological polar surface area (TPSA) is 75.4 Å². The molecule has 0 aliphatic rings. The van der Waals surface area contributed by atoms with Gasteiger partial charge in [-0.2, -0.15) is 18.3 Å². The molecule has 0 aliphatic heterocycles. The van der Waals surface area contributed by atoms with E-state index < -0.39 is 35.4 Å². The quantitative estimate of drug-likeness (QED) is 0.915. The Morgan fingerprint density at radius 1 is 1.32 bits per heavy atom. The molecule has 0 spiro atoms. The highest BCUT2D eigenvalue weighted by molar-refractivity contribution is 5.97. The molecule has 0 saturated heterocycles. The fraction of sp³-hybridized carbons (Fsp3) is 0.312. The van der Waals surface area contributed by atoms with Crippen molar-refractivity contribution in [1.29, 1.82) is 0 Å². The van der Waals surface area contributed by atoms with Crippen LogP contribution < -0.4 is 0 Å². The van der Waals surface area contributed by atoms with Crippen molar-refractivity contribution in [3.05, 3.63) is 47.3 Å². The van der Waals surface area contributed by atoms with Gasteiger partial charge in [0.1, 0.15) is 6.04 Å². The maximum absolute atomic E-state index is 13.6. The zero-order chi connectivity index (χ0) is 18.9. The number of hydrogen-bond acceptors (Lipinski definition) is 3. The molecule has 1 atom stereocenters. The average Bonchev–Trinajstić information content (AvgIpc) is 2.97. The number of aromatic nitrogens is 2. The molecule has 134 valence electrons. The number of carboxylic acid groups (broad SMARTS) is 1. The number of alkyl halides is 3. The van der Waals surface area contributed by atoms with Crippen LogP contribution in [0.15, 0.2) is 30.5 Å². The second-order valence-corrected chi connectivity index (χ2v) is 5.59. The fourth-order valence-corrected chi connectivity index (χ4v) is 2.26. The second kappa shape index (κ2) is 6.58. The standard InChI is InChI=1S/C16H16F3N3O3/c1-9-5-4-6-11(7-9)22-13(16(17,18)19)12(8-20-22)14(23)21(3)10(2)15(24)25/h4-8,10H,1-3H3,(H,24,25). The lowest BCUT2D eigenvalue weighted by Crippen LogP contribution is -2.40. The monoisotopic (exact) mass is 355 g/mol. The van der Waals surface area contributed by atoms with Crippen molar-refractivity contribution in [2.24, 2.45) is 0 Å². The average molecular weight is 355 g/mol. The van der Waals surface area contributed by atoms with Crippen LogP contribution in [0.5, 0.6) is 0 Å². The molecule has 1 heterocycles. The zero-order valence-electron chi connectivity index (χ0n) is 13.7. The van der Waals surface area contributed by atoms with Gasteiger partial charge in [-0.15, -0.1) is 0 Å². The highest BCUT2D eigenvalue weighted by Gasteiger charge is 2.41. The number of rotatable bonds is 4. The van der Waals surface area contributed by atoms with Crippen molar-refractivity contribution in [1.82, 2.24) is 14.7 Å². The maximum atomic E-state index is 13.6. The van der Waals surface area contributed by atoms with E-state index in [9.17, 15) is 22.8 Å². The summed E-state index contributed by atoms with van der Waals surface area (Å²) in [4.78, 5) is 24.1. The molecular weight excluding hydrogens is 339 g/mol. The van der Waals surface area contributed by atoms with E-state index in [4.69, 9.17) is 5.11 Å². The maximum Gasteiger partial charge on any atom is 0.434 e. The summed E-state index contributed by atoms with van der Waals surface area (Å²) in [6.45, 7) is 2.92. The lowest BCUT2D eigenvalue weighted by atomic mass is 10.1. The number of hydrogen-bond donors (Lipinski definition) is 1. The minimum Gasteiger partial charge on any atom is -0.480 e. The summed E-state index contributed by atoms with van der Waals surface area (Å²) in [6, 6.07) is 4.95. The molecule has 0 fully saturated rings. The van der Waals surface area contributed by atoms with Gasteiger partial charge in [0.15, 0.2) is 5.69 Å². The van der Waals surface area contributed by atoms with Gasteiger partial charge in [0.2, 0.25) is 0 Å². The van der Waals surface area contributed by atoms with Gasteiger partial charge in [-0.1, -0.05) is 12.1 Å². The first-order valence-electron chi connectivity index (χ1n) is 7.26. The number of carboxylic acids is 1. The molecule has 0 radical (unpaired) electrons. The van der Waals surface area contributed by atoms with Crippen molar-refractivity contribution < 1.29 is 27.9 Å². The zero-order valence-corrected chi connectivity index (χ0v) is 13.7. The fourth-order valence-electron chi connectivity index (χ4n) is 2.26. The van der Waals surface area contributed by atoms with Crippen LogP contribution in [0.25, 0.3) is 5.69 Å². The van der Waals surface area contributed by atoms with E-state index in [0.717, 1.165) is 23.7 Å². The third-order valence-electron chi connectivity index (χ3n) is 3.77. The van der Waals surface area contributed by atoms with E-state index in [1.165, 1.54) is 19.1 Å². The van der Waals surface area contributed by atoms with E-state index in [1.807, 2.05) is 0 Å². The first-order valence-corrected chi connectivity index (χ1v) is 7.26. The Labute approximate surface area is 141 Å². The van der Waals surface area contributed by atoms with E-state index >= 15 is 0 Å². The highest BCUT2D eigenvalue weighted by atomic mass is 19.4. The Balaban J connectivity index is 2.57. The van der Waals surface area contributed by atoms with Gasteiger partial charge in [0.25, 0.3) is 5.91 Å². The first kappa shape index (κ1) is 18.5. The third kappa shape index (κ3) is 3.65. The summed E-state index contributed by atoms with van der Waals surface area (Å²) in [6.07, 6.45) is -4.04. The largest absolute Gasteiger partial charge is 0.480 e. The number of carbonyl (C=O) groups excluding carboxylic acids is 1. The number of aryl methyl sites for hydroxylation is 1. The van der Waals surface area contributed by atoms with Crippen LogP contribution in [-0.4, -0.2) is 44.8 Å². The number of aliphatic carboxylic acids is 1. The number of carbonyl (C=O) groups is 2. The smallest absolute Gasteiger partial charge is 0.434 e. The Morgan fingerprint density at radius 3 is 2.48 bits per heavy atom. The van der Waals surface area contributed by atoms with Crippen molar-refractivity contribution >= 4 is 11.9 Å². The number of nitrogens with zero attached hydrogens (tertiary/aromatic N) is 3. The lowest BCUT2D eigenvalue weighted by Gasteiger charge is -2.22. The van der Waals surface area contributed by atoms with Crippen LogP contribution in [0.1, 0.15) is 28.5 Å². The van der Waals surface area contributed by atoms with Crippen LogP contribution in [0.3, 0.4) is 0 Å². The second-order valence-electron chi connectivity index (χ2n) is 5.59. The van der Waals surface area contributed by atoms with Gasteiger partial charge < -0.3 is 10.0 Å². The summed E-state index contributed by atoms with van der Waals surface area (Å²) in [7, 11) is 1.13. The van der Waals surface area contributed by atoms with Crippen molar-refractivity contribution in [3.8, 4) is 5.69 Å². The molecule has 1 unspecified atom stereocenters. The summed E-state index contributed by atoms with van der Waals surface area (Å²) in [5, 5.41) is 12.7. The normalized spacial score (nSPS) is 12.7. The number of halogens is 3. The molecular formula is C16H16F3N3O3. The lowest BCUT2D eigenvalue weighted by molar-refractivity contribution is -0.143. The predicted molar refractivity (Wildman–Crippen MR) is 82.5 cm³/mol. The molecule has 9 heteroatoms. The predicted octanol–water partition coefficient (Wildman–Crippen LogP) is 2.74. The minimum atomic E-state index is -4.85. The molecule has 0 aliphatic carbocycles. The summed E-state index contributed by atoms with van der Waals surface area (Å²) >= 11 is 0. The summed E-state index contributed by atoms with van der Waals surface area (Å²) < 4.78 is 41.3. The molecule has 25 heavy (non-hydrogen) atoms. The van der Waals surface area contributed by atoms with Gasteiger partial charge in [0.05, 0.1) is 17.4 Å². The van der Waals surface area contributed by atoms with Crippen molar-refractivity contribution in [2.75, 3.05) is 7.05 Å². The van der Waals surface area contributed by atoms with E-state index in [2.05, 4.69) is 5.10 Å². The van der Waals surface area contributed by atoms with Crippen LogP contribution in [0, 0.1) is 6.92 Å². The molecule has 0 saturated carbocycles. The summed E-state index contributed by atoms with van der Waals surface area (Å²) in [5.74, 6) is -2.39. The minimum absolute atomic E-state index is 0.153. The SMILES string of the molecule is Cc1cccc(-n2ncc(C(=O)N(C)C(C)C(=O)O)c2C(F)(F)F)c1. The van der Waals surface area contributed by atoms with E-state index in [1.54, 1.807) is 19.1 Å². The molecule has 6 nitrogen and oxygen atoms in total. The van der Waals surface area contributed by atoms with Crippen LogP contribution in [0.2, 0.25) is 0 Å². The number of likely N-dealkylation sites (N-methyl/N-ethyl adjacent to an activating group) is 1. The Hall–Kier alpha value is -2.84. The first-order chi connectivity index (χ1) is 11.5. The molecule has 0 bridgehead atoms. The molecule has 2 rings (SSSR count). The molecule has 1 aromatic heterocycles. The van der Waals surface area contributed by atoms with Crippen molar-refractivity contribution in [3.63, 3.8) is 0 Å². The summed E-state index contributed by atoms with van der Waals surface area (Å²) in [5.41, 5.74) is -1.07. The van der Waals surface area contributed by atoms with Gasteiger partial charge in [-0.3, -0.25) is 4.79 Å². The van der Waals surface area contributed by atoms with Gasteiger partial charge in [-0.25, -0.2) is 9.48 Å². The van der Waals surface area contributed by atoms with Crippen LogP contribution >= 0.6 is 0 Å². The van der Waals surface area contributed by atoms with Crippen molar-refractivity contribution in [2.45, 2.75) is 26.1 Å². The van der Waals surface area contributed by atoms with Gasteiger partial charge in [0, 0.05) is 7.05 Å². The van der Waals surface area contributed by atoms with E-state index in [-0.39, 0.29) is 5.69 Å². The molecule has 1 aromatic carbocycles. The Bertz CT molecular complexity index is 814. The van der Waals surface area contributed by atoms with E-state index in [0.29, 0.717) is 4.68 Å². The molecule has 1 amide bonds.